The second kappa shape index (κ2) is 9.73. The maximum Gasteiger partial charge on any atom is 0.268 e. The average molecular weight is 383 g/mol. The van der Waals surface area contributed by atoms with Crippen LogP contribution in [0.4, 0.5) is 5.69 Å². The van der Waals surface area contributed by atoms with Gasteiger partial charge in [-0.1, -0.05) is 24.9 Å². The Morgan fingerprint density at radius 1 is 1.32 bits per heavy atom. The van der Waals surface area contributed by atoms with E-state index < -0.39 is 0 Å². The van der Waals surface area contributed by atoms with Crippen LogP contribution in [0.5, 0.6) is 0 Å². The summed E-state index contributed by atoms with van der Waals surface area (Å²) in [5.41, 5.74) is 0.631. The number of rotatable bonds is 7. The lowest BCUT2D eigenvalue weighted by atomic mass is 10.2. The first kappa shape index (κ1) is 19.7. The molecule has 136 valence electrons. The second-order valence-electron chi connectivity index (χ2n) is 5.65. The van der Waals surface area contributed by atoms with E-state index in [0.29, 0.717) is 34.5 Å². The first-order valence-electron chi connectivity index (χ1n) is 8.33. The highest BCUT2D eigenvalue weighted by Crippen LogP contribution is 2.29. The molecular formula is C18H23ClN2O3S. The smallest absolute Gasteiger partial charge is 0.268 e. The van der Waals surface area contributed by atoms with Crippen molar-refractivity contribution in [3.05, 3.63) is 40.0 Å². The number of amides is 2. The highest BCUT2D eigenvalue weighted by atomic mass is 35.5. The number of halogens is 1. The third-order valence-corrected chi connectivity index (χ3v) is 5.07. The Kier molecular flexibility index (Phi) is 7.65. The van der Waals surface area contributed by atoms with Crippen LogP contribution in [0.25, 0.3) is 0 Å². The Bertz CT molecular complexity index is 646. The standard InChI is InChI=1S/C18H23ClN2O3S/c1-3-4-9-20-16(22)12-21(15-7-5-14(19)6-8-15)18(23)17-13(2)24-10-11-25-17/h5-8H,3-4,9-12H2,1-2H3,(H,20,22). The summed E-state index contributed by atoms with van der Waals surface area (Å²) in [5, 5.41) is 3.43. The van der Waals surface area contributed by atoms with Crippen LogP contribution in [0.15, 0.2) is 34.9 Å². The van der Waals surface area contributed by atoms with Crippen molar-refractivity contribution in [3.8, 4) is 0 Å². The third kappa shape index (κ3) is 5.68. The number of nitrogens with one attached hydrogen (secondary N) is 1. The summed E-state index contributed by atoms with van der Waals surface area (Å²) in [6.45, 7) is 5.00. The summed E-state index contributed by atoms with van der Waals surface area (Å²) in [6, 6.07) is 6.89. The molecule has 0 saturated carbocycles. The number of allylic oxidation sites excluding steroid dienone is 1. The molecule has 1 aliphatic rings. The monoisotopic (exact) mass is 382 g/mol. The zero-order chi connectivity index (χ0) is 18.2. The number of nitrogens with zero attached hydrogens (tertiary/aromatic N) is 1. The van der Waals surface area contributed by atoms with Crippen molar-refractivity contribution in [2.24, 2.45) is 0 Å². The Morgan fingerprint density at radius 2 is 2.04 bits per heavy atom. The Morgan fingerprint density at radius 3 is 2.68 bits per heavy atom. The molecule has 1 aliphatic heterocycles. The molecule has 0 bridgehead atoms. The number of carbonyl (C=O) groups excluding carboxylic acids is 2. The molecule has 0 aliphatic carbocycles. The van der Waals surface area contributed by atoms with Gasteiger partial charge in [-0.2, -0.15) is 0 Å². The zero-order valence-corrected chi connectivity index (χ0v) is 16.1. The summed E-state index contributed by atoms with van der Waals surface area (Å²) >= 11 is 7.40. The Balaban J connectivity index is 2.21. The fourth-order valence-corrected chi connectivity index (χ4v) is 3.34. The van der Waals surface area contributed by atoms with Crippen molar-refractivity contribution < 1.29 is 14.3 Å². The van der Waals surface area contributed by atoms with Crippen molar-refractivity contribution in [2.75, 3.05) is 30.3 Å². The molecule has 1 heterocycles. The normalized spacial score (nSPS) is 14.0. The van der Waals surface area contributed by atoms with E-state index in [1.807, 2.05) is 0 Å². The highest BCUT2D eigenvalue weighted by molar-refractivity contribution is 8.04. The molecule has 1 aromatic rings. The van der Waals surface area contributed by atoms with Gasteiger partial charge in [-0.25, -0.2) is 0 Å². The van der Waals surface area contributed by atoms with Gasteiger partial charge in [0.2, 0.25) is 5.91 Å². The number of carbonyl (C=O) groups is 2. The maximum atomic E-state index is 13.0. The van der Waals surface area contributed by atoms with Crippen LogP contribution in [0.1, 0.15) is 26.7 Å². The van der Waals surface area contributed by atoms with Crippen LogP contribution < -0.4 is 10.2 Å². The van der Waals surface area contributed by atoms with Crippen molar-refractivity contribution in [2.45, 2.75) is 26.7 Å². The van der Waals surface area contributed by atoms with Gasteiger partial charge >= 0.3 is 0 Å². The largest absolute Gasteiger partial charge is 0.496 e. The molecule has 0 fully saturated rings. The number of benzene rings is 1. The number of hydrogen-bond donors (Lipinski definition) is 1. The molecular weight excluding hydrogens is 360 g/mol. The molecule has 25 heavy (non-hydrogen) atoms. The molecule has 0 unspecified atom stereocenters. The molecule has 0 saturated heterocycles. The summed E-state index contributed by atoms with van der Waals surface area (Å²) < 4.78 is 5.49. The van der Waals surface area contributed by atoms with E-state index in [1.165, 1.54) is 16.7 Å². The minimum absolute atomic E-state index is 0.0402. The van der Waals surface area contributed by atoms with Crippen molar-refractivity contribution >= 4 is 40.9 Å². The number of ether oxygens (including phenoxy) is 1. The maximum absolute atomic E-state index is 13.0. The molecule has 2 amide bonds. The number of anilines is 1. The van der Waals surface area contributed by atoms with Crippen LogP contribution in [-0.2, 0) is 14.3 Å². The molecule has 5 nitrogen and oxygen atoms in total. The lowest BCUT2D eigenvalue weighted by Gasteiger charge is -2.26. The van der Waals surface area contributed by atoms with Crippen molar-refractivity contribution in [3.63, 3.8) is 0 Å². The topological polar surface area (TPSA) is 58.6 Å². The minimum Gasteiger partial charge on any atom is -0.496 e. The fourth-order valence-electron chi connectivity index (χ4n) is 2.35. The van der Waals surface area contributed by atoms with Crippen LogP contribution in [-0.4, -0.2) is 37.3 Å². The van der Waals surface area contributed by atoms with Crippen LogP contribution in [0.2, 0.25) is 5.02 Å². The summed E-state index contributed by atoms with van der Waals surface area (Å²) in [7, 11) is 0. The van der Waals surface area contributed by atoms with Gasteiger partial charge in [0.25, 0.3) is 5.91 Å². The number of hydrogen-bond acceptors (Lipinski definition) is 4. The summed E-state index contributed by atoms with van der Waals surface area (Å²) in [4.78, 5) is 27.3. The van der Waals surface area contributed by atoms with Gasteiger partial charge in [0.1, 0.15) is 17.2 Å². The van der Waals surface area contributed by atoms with E-state index in [9.17, 15) is 9.59 Å². The lowest BCUT2D eigenvalue weighted by molar-refractivity contribution is -0.122. The van der Waals surface area contributed by atoms with Crippen LogP contribution in [0, 0.1) is 0 Å². The third-order valence-electron chi connectivity index (χ3n) is 3.70. The molecule has 0 aromatic heterocycles. The first-order valence-corrected chi connectivity index (χ1v) is 9.70. The predicted octanol–water partition coefficient (Wildman–Crippen LogP) is 3.58. The van der Waals surface area contributed by atoms with E-state index in [1.54, 1.807) is 31.2 Å². The average Bonchev–Trinajstić information content (AvgIpc) is 2.61. The fraction of sp³-hybridized carbons (Fsp3) is 0.444. The second-order valence-corrected chi connectivity index (χ2v) is 7.20. The van der Waals surface area contributed by atoms with Gasteiger partial charge in [0.05, 0.1) is 6.61 Å². The first-order chi connectivity index (χ1) is 12.0. The lowest BCUT2D eigenvalue weighted by Crippen LogP contribution is -2.42. The van der Waals surface area contributed by atoms with Crippen molar-refractivity contribution in [1.82, 2.24) is 5.32 Å². The van der Waals surface area contributed by atoms with E-state index in [4.69, 9.17) is 16.3 Å². The highest BCUT2D eigenvalue weighted by Gasteiger charge is 2.26. The molecule has 2 rings (SSSR count). The molecule has 0 radical (unpaired) electrons. The van der Waals surface area contributed by atoms with Crippen LogP contribution in [0.3, 0.4) is 0 Å². The summed E-state index contributed by atoms with van der Waals surface area (Å²) in [5.74, 6) is 0.911. The van der Waals surface area contributed by atoms with Crippen LogP contribution >= 0.6 is 23.4 Å². The minimum atomic E-state index is -0.227. The van der Waals surface area contributed by atoms with Gasteiger partial charge < -0.3 is 10.1 Å². The quantitative estimate of drug-likeness (QED) is 0.732. The SMILES string of the molecule is CCCCNC(=O)CN(C(=O)C1=C(C)OCCS1)c1ccc(Cl)cc1. The number of thioether (sulfide) groups is 1. The molecule has 1 aromatic carbocycles. The molecule has 7 heteroatoms. The van der Waals surface area contributed by atoms with E-state index in [0.717, 1.165) is 18.6 Å². The van der Waals surface area contributed by atoms with Crippen molar-refractivity contribution in [1.29, 1.82) is 0 Å². The molecule has 0 spiro atoms. The predicted molar refractivity (Wildman–Crippen MR) is 103 cm³/mol. The van der Waals surface area contributed by atoms with Gasteiger partial charge in [0.15, 0.2) is 0 Å². The Hall–Kier alpha value is -1.66. The van der Waals surface area contributed by atoms with Gasteiger partial charge in [-0.3, -0.25) is 14.5 Å². The van der Waals surface area contributed by atoms with Gasteiger partial charge in [0, 0.05) is 23.0 Å². The molecule has 1 N–H and O–H groups in total. The zero-order valence-electron chi connectivity index (χ0n) is 14.5. The van der Waals surface area contributed by atoms with Gasteiger partial charge in [-0.15, -0.1) is 11.8 Å². The summed E-state index contributed by atoms with van der Waals surface area (Å²) in [6.07, 6.45) is 1.91. The molecule has 0 atom stereocenters. The number of unbranched alkanes of at least 4 members (excludes halogenated alkanes) is 1. The van der Waals surface area contributed by atoms with Gasteiger partial charge in [-0.05, 0) is 37.6 Å². The van der Waals surface area contributed by atoms with E-state index in [2.05, 4.69) is 12.2 Å². The van der Waals surface area contributed by atoms with E-state index in [-0.39, 0.29) is 18.4 Å². The van der Waals surface area contributed by atoms with E-state index >= 15 is 0 Å². The Labute approximate surface area is 157 Å².